The van der Waals surface area contributed by atoms with Crippen LogP contribution in [0.1, 0.15) is 47.1 Å². The van der Waals surface area contributed by atoms with Crippen molar-refractivity contribution in [1.29, 1.82) is 0 Å². The molecule has 0 bridgehead atoms. The number of amides is 1. The zero-order valence-corrected chi connectivity index (χ0v) is 24.8. The van der Waals surface area contributed by atoms with Gasteiger partial charge in [0.2, 0.25) is 0 Å². The number of allylic oxidation sites excluding steroid dienone is 1. The minimum absolute atomic E-state index is 0.202. The molecule has 8 heteroatoms. The highest BCUT2D eigenvalue weighted by molar-refractivity contribution is 5.94. The van der Waals surface area contributed by atoms with Gasteiger partial charge in [0, 0.05) is 18.2 Å². The number of methoxy groups -OCH3 is 2. The van der Waals surface area contributed by atoms with Crippen LogP contribution in [0.25, 0.3) is 22.2 Å². The maximum Gasteiger partial charge on any atom is 0.327 e. The highest BCUT2D eigenvalue weighted by Gasteiger charge is 2.23. The second-order valence-electron chi connectivity index (χ2n) is 10.4. The van der Waals surface area contributed by atoms with Crippen LogP contribution in [0, 0.1) is 0 Å². The van der Waals surface area contributed by atoms with Crippen molar-refractivity contribution in [3.8, 4) is 22.6 Å². The number of rotatable bonds is 13. The Bertz CT molecular complexity index is 1760. The summed E-state index contributed by atoms with van der Waals surface area (Å²) in [4.78, 5) is 29.5. The Balaban J connectivity index is 1.58. The van der Waals surface area contributed by atoms with Gasteiger partial charge in [-0.2, -0.15) is 0 Å². The molecular formula is C36H35N3O5. The van der Waals surface area contributed by atoms with Crippen molar-refractivity contribution < 1.29 is 24.2 Å². The zero-order valence-electron chi connectivity index (χ0n) is 24.8. The smallest absolute Gasteiger partial charge is 0.327 e. The Kier molecular flexibility index (Phi) is 9.71. The van der Waals surface area contributed by atoms with Gasteiger partial charge in [-0.05, 0) is 72.4 Å². The van der Waals surface area contributed by atoms with E-state index in [2.05, 4.69) is 40.2 Å². The van der Waals surface area contributed by atoms with E-state index in [0.29, 0.717) is 48.7 Å². The molecule has 1 amide bonds. The van der Waals surface area contributed by atoms with Crippen LogP contribution >= 0.6 is 0 Å². The third-order valence-corrected chi connectivity index (χ3v) is 7.45. The van der Waals surface area contributed by atoms with Gasteiger partial charge in [0.05, 0.1) is 31.3 Å². The monoisotopic (exact) mass is 589 g/mol. The molecule has 0 aliphatic heterocycles. The predicted molar refractivity (Wildman–Crippen MR) is 171 cm³/mol. The van der Waals surface area contributed by atoms with E-state index in [4.69, 9.17) is 19.6 Å². The van der Waals surface area contributed by atoms with Gasteiger partial charge in [-0.3, -0.25) is 4.79 Å². The fourth-order valence-corrected chi connectivity index (χ4v) is 5.27. The number of nitrogens with one attached hydrogen (secondary N) is 1. The van der Waals surface area contributed by atoms with Gasteiger partial charge in [-0.1, -0.05) is 66.7 Å². The molecule has 1 heterocycles. The molecule has 5 rings (SSSR count). The summed E-state index contributed by atoms with van der Waals surface area (Å²) < 4.78 is 13.1. The molecular weight excluding hydrogens is 554 g/mol. The van der Waals surface area contributed by atoms with Crippen LogP contribution in [0.2, 0.25) is 0 Å². The van der Waals surface area contributed by atoms with Crippen molar-refractivity contribution >= 4 is 22.9 Å². The van der Waals surface area contributed by atoms with Crippen LogP contribution in [0.4, 0.5) is 0 Å². The summed E-state index contributed by atoms with van der Waals surface area (Å²) in [5.41, 5.74) is 5.41. The normalized spacial score (nSPS) is 11.9. The zero-order chi connectivity index (χ0) is 30.9. The third-order valence-electron chi connectivity index (χ3n) is 7.45. The predicted octanol–water partition coefficient (Wildman–Crippen LogP) is 7.05. The van der Waals surface area contributed by atoms with E-state index in [-0.39, 0.29) is 5.91 Å². The number of hydrogen-bond donors (Lipinski definition) is 2. The molecule has 44 heavy (non-hydrogen) atoms. The highest BCUT2D eigenvalue weighted by Crippen LogP contribution is 2.32. The molecule has 0 aliphatic carbocycles. The van der Waals surface area contributed by atoms with E-state index in [0.717, 1.165) is 33.8 Å². The van der Waals surface area contributed by atoms with Gasteiger partial charge in [0.15, 0.2) is 11.5 Å². The molecule has 4 aromatic carbocycles. The number of carboxylic acids is 1. The first-order valence-corrected chi connectivity index (χ1v) is 14.5. The molecule has 0 spiro atoms. The number of imidazole rings is 1. The van der Waals surface area contributed by atoms with Gasteiger partial charge < -0.3 is 24.5 Å². The fourth-order valence-electron chi connectivity index (χ4n) is 5.27. The van der Waals surface area contributed by atoms with E-state index < -0.39 is 12.0 Å². The standard InChI is InChI=1S/C36H35N3O5/c1-43-32-21-18-25(22-33(32)44-2)24-39-31-20-19-28(26-12-6-3-7-13-26)23-30(31)37-35(39)29(16-10-5-11-17-34(40)41)38-36(42)27-14-8-4-9-15-27/h3-4,6-9,11-15,17-23,29H,5,10,16,24H2,1-2H3,(H,38,42)(H,40,41)/b17-11+/t29-/m0/s1. The molecule has 0 unspecified atom stereocenters. The quantitative estimate of drug-likeness (QED) is 0.113. The lowest BCUT2D eigenvalue weighted by Gasteiger charge is -2.21. The fraction of sp³-hybridized carbons (Fsp3) is 0.194. The molecule has 0 saturated heterocycles. The molecule has 224 valence electrons. The molecule has 0 fully saturated rings. The molecule has 1 aromatic heterocycles. The Morgan fingerprint density at radius 3 is 2.32 bits per heavy atom. The number of aromatic nitrogens is 2. The Hall–Kier alpha value is -5.37. The van der Waals surface area contributed by atoms with Gasteiger partial charge in [-0.25, -0.2) is 9.78 Å². The van der Waals surface area contributed by atoms with Crippen molar-refractivity contribution in [2.75, 3.05) is 14.2 Å². The minimum Gasteiger partial charge on any atom is -0.493 e. The molecule has 1 atom stereocenters. The maximum atomic E-state index is 13.4. The summed E-state index contributed by atoms with van der Waals surface area (Å²) in [5.74, 6) is 0.797. The number of carbonyl (C=O) groups excluding carboxylic acids is 1. The number of nitrogens with zero attached hydrogens (tertiary/aromatic N) is 2. The average Bonchev–Trinajstić information content (AvgIpc) is 3.41. The summed E-state index contributed by atoms with van der Waals surface area (Å²) in [7, 11) is 3.22. The first-order chi connectivity index (χ1) is 21.5. The van der Waals surface area contributed by atoms with Crippen LogP contribution in [0.15, 0.2) is 109 Å². The van der Waals surface area contributed by atoms with Gasteiger partial charge in [0.1, 0.15) is 5.82 Å². The second-order valence-corrected chi connectivity index (χ2v) is 10.4. The first kappa shape index (κ1) is 30.1. The lowest BCUT2D eigenvalue weighted by molar-refractivity contribution is -0.131. The van der Waals surface area contributed by atoms with Crippen molar-refractivity contribution in [1.82, 2.24) is 14.9 Å². The Morgan fingerprint density at radius 1 is 0.886 bits per heavy atom. The molecule has 0 saturated carbocycles. The lowest BCUT2D eigenvalue weighted by atomic mass is 10.1. The Morgan fingerprint density at radius 2 is 1.61 bits per heavy atom. The largest absolute Gasteiger partial charge is 0.493 e. The number of hydrogen-bond acceptors (Lipinski definition) is 5. The number of benzene rings is 4. The SMILES string of the molecule is COc1ccc(Cn2c([C@H](CCC/C=C/C(=O)O)NC(=O)c3ccccc3)nc3cc(-c4ccccc4)ccc32)cc1OC. The second kappa shape index (κ2) is 14.2. The number of aliphatic carboxylic acids is 1. The summed E-state index contributed by atoms with van der Waals surface area (Å²) in [5, 5.41) is 12.2. The Labute approximate surface area is 256 Å². The highest BCUT2D eigenvalue weighted by atomic mass is 16.5. The minimum atomic E-state index is -0.982. The van der Waals surface area contributed by atoms with Crippen molar-refractivity contribution in [2.24, 2.45) is 0 Å². The molecule has 0 aliphatic rings. The number of ether oxygens (including phenoxy) is 2. The first-order valence-electron chi connectivity index (χ1n) is 14.5. The number of carboxylic acid groups (broad SMARTS) is 1. The lowest BCUT2D eigenvalue weighted by Crippen LogP contribution is -2.30. The van der Waals surface area contributed by atoms with Gasteiger partial charge >= 0.3 is 5.97 Å². The summed E-state index contributed by atoms with van der Waals surface area (Å²) in [6, 6.07) is 30.8. The van der Waals surface area contributed by atoms with Crippen molar-refractivity contribution in [3.05, 3.63) is 126 Å². The van der Waals surface area contributed by atoms with Crippen LogP contribution in [-0.4, -0.2) is 40.8 Å². The van der Waals surface area contributed by atoms with Crippen molar-refractivity contribution in [3.63, 3.8) is 0 Å². The van der Waals surface area contributed by atoms with Gasteiger partial charge in [-0.15, -0.1) is 0 Å². The van der Waals surface area contributed by atoms with Crippen LogP contribution in [-0.2, 0) is 11.3 Å². The van der Waals surface area contributed by atoms with E-state index in [1.165, 1.54) is 0 Å². The average molecular weight is 590 g/mol. The van der Waals surface area contributed by atoms with E-state index >= 15 is 0 Å². The van der Waals surface area contributed by atoms with Crippen LogP contribution in [0.3, 0.4) is 0 Å². The molecule has 2 N–H and O–H groups in total. The number of carbonyl (C=O) groups is 2. The van der Waals surface area contributed by atoms with Crippen molar-refractivity contribution in [2.45, 2.75) is 31.8 Å². The van der Waals surface area contributed by atoms with Crippen LogP contribution < -0.4 is 14.8 Å². The van der Waals surface area contributed by atoms with Gasteiger partial charge in [0.25, 0.3) is 5.91 Å². The molecule has 0 radical (unpaired) electrons. The molecule has 5 aromatic rings. The van der Waals surface area contributed by atoms with E-state index in [1.807, 2.05) is 54.6 Å². The number of fused-ring (bicyclic) bond motifs is 1. The van der Waals surface area contributed by atoms with E-state index in [9.17, 15) is 9.59 Å². The topological polar surface area (TPSA) is 103 Å². The third kappa shape index (κ3) is 7.15. The summed E-state index contributed by atoms with van der Waals surface area (Å²) in [6.45, 7) is 0.480. The maximum absolute atomic E-state index is 13.4. The summed E-state index contributed by atoms with van der Waals surface area (Å²) in [6.07, 6.45) is 4.55. The van der Waals surface area contributed by atoms with E-state index in [1.54, 1.807) is 32.4 Å². The number of unbranched alkanes of at least 4 members (excludes halogenated alkanes) is 1. The summed E-state index contributed by atoms with van der Waals surface area (Å²) >= 11 is 0. The van der Waals surface area contributed by atoms with Crippen LogP contribution in [0.5, 0.6) is 11.5 Å². The molecule has 8 nitrogen and oxygen atoms in total.